The Morgan fingerprint density at radius 2 is 1.90 bits per heavy atom. The van der Waals surface area contributed by atoms with Crippen LogP contribution in [0.3, 0.4) is 0 Å². The number of carbonyl (C=O) groups is 1. The molecule has 0 bridgehead atoms. The zero-order valence-electron chi connectivity index (χ0n) is 16.3. The van der Waals surface area contributed by atoms with Crippen molar-refractivity contribution in [1.82, 2.24) is 15.0 Å². The van der Waals surface area contributed by atoms with Crippen molar-refractivity contribution in [3.63, 3.8) is 0 Å². The minimum atomic E-state index is -0.129. The molecule has 4 rings (SSSR count). The largest absolute Gasteiger partial charge is 0.507 e. The van der Waals surface area contributed by atoms with Gasteiger partial charge in [0.05, 0.1) is 17.8 Å². The fourth-order valence-corrected chi connectivity index (χ4v) is 3.77. The summed E-state index contributed by atoms with van der Waals surface area (Å²) < 4.78 is 7.68. The number of phenolic OH excluding ortho intramolecular Hbond substituents is 1. The third-order valence-corrected chi connectivity index (χ3v) is 5.37. The fraction of sp³-hybridized carbons (Fsp3) is 0.348. The molecule has 3 aromatic rings. The van der Waals surface area contributed by atoms with Gasteiger partial charge in [-0.15, -0.1) is 5.10 Å². The SMILES string of the molecule is O=C(Cc1ccccc1)c1ccc(OCc2cn(C3CCCCC3)nn2)cc1O. The number of phenols is 1. The highest BCUT2D eigenvalue weighted by molar-refractivity contribution is 6.00. The predicted molar refractivity (Wildman–Crippen MR) is 109 cm³/mol. The second-order valence-electron chi connectivity index (χ2n) is 7.53. The van der Waals surface area contributed by atoms with E-state index in [9.17, 15) is 9.90 Å². The number of aromatic nitrogens is 3. The quantitative estimate of drug-likeness (QED) is 0.600. The smallest absolute Gasteiger partial charge is 0.170 e. The summed E-state index contributed by atoms with van der Waals surface area (Å²) >= 11 is 0. The number of ether oxygens (including phenoxy) is 1. The Morgan fingerprint density at radius 3 is 2.66 bits per heavy atom. The Hall–Kier alpha value is -3.15. The number of aromatic hydroxyl groups is 1. The van der Waals surface area contributed by atoms with Crippen LogP contribution in [0.5, 0.6) is 11.5 Å². The van der Waals surface area contributed by atoms with Gasteiger partial charge in [-0.05, 0) is 30.5 Å². The Labute approximate surface area is 170 Å². The molecule has 0 aliphatic heterocycles. The van der Waals surface area contributed by atoms with E-state index in [4.69, 9.17) is 4.74 Å². The number of hydrogen-bond donors (Lipinski definition) is 1. The van der Waals surface area contributed by atoms with E-state index in [-0.39, 0.29) is 24.6 Å². The Kier molecular flexibility index (Phi) is 5.89. The average Bonchev–Trinajstić information content (AvgIpc) is 3.23. The number of ketones is 1. The summed E-state index contributed by atoms with van der Waals surface area (Å²) in [6.07, 6.45) is 8.27. The monoisotopic (exact) mass is 391 g/mol. The lowest BCUT2D eigenvalue weighted by atomic mass is 9.96. The minimum Gasteiger partial charge on any atom is -0.507 e. The van der Waals surface area contributed by atoms with E-state index in [0.717, 1.165) is 24.1 Å². The first-order valence-corrected chi connectivity index (χ1v) is 10.1. The van der Waals surface area contributed by atoms with Gasteiger partial charge in [-0.25, -0.2) is 4.68 Å². The molecule has 150 valence electrons. The minimum absolute atomic E-state index is 0.0747. The fourth-order valence-electron chi connectivity index (χ4n) is 3.77. The van der Waals surface area contributed by atoms with Crippen molar-refractivity contribution in [3.05, 3.63) is 71.5 Å². The molecule has 6 heteroatoms. The van der Waals surface area contributed by atoms with Crippen LogP contribution in [0, 0.1) is 0 Å². The maximum atomic E-state index is 12.5. The molecule has 0 amide bonds. The molecule has 0 spiro atoms. The van der Waals surface area contributed by atoms with Crippen LogP contribution in [0.25, 0.3) is 0 Å². The van der Waals surface area contributed by atoms with Crippen molar-refractivity contribution in [2.75, 3.05) is 0 Å². The maximum Gasteiger partial charge on any atom is 0.170 e. The third kappa shape index (κ3) is 4.83. The molecule has 1 saturated carbocycles. The molecule has 1 heterocycles. The Bertz CT molecular complexity index is 963. The van der Waals surface area contributed by atoms with Crippen LogP contribution in [-0.2, 0) is 13.0 Å². The summed E-state index contributed by atoms with van der Waals surface area (Å²) in [7, 11) is 0. The van der Waals surface area contributed by atoms with Gasteiger partial charge in [-0.3, -0.25) is 4.79 Å². The third-order valence-electron chi connectivity index (χ3n) is 5.37. The molecule has 0 saturated heterocycles. The van der Waals surface area contributed by atoms with Crippen LogP contribution in [0.4, 0.5) is 0 Å². The van der Waals surface area contributed by atoms with Crippen LogP contribution < -0.4 is 4.74 Å². The number of rotatable bonds is 7. The van der Waals surface area contributed by atoms with Crippen LogP contribution >= 0.6 is 0 Å². The lowest BCUT2D eigenvalue weighted by Crippen LogP contribution is -2.13. The van der Waals surface area contributed by atoms with E-state index < -0.39 is 0 Å². The van der Waals surface area contributed by atoms with Gasteiger partial charge in [0.2, 0.25) is 0 Å². The van der Waals surface area contributed by atoms with E-state index in [0.29, 0.717) is 17.4 Å². The molecule has 0 radical (unpaired) electrons. The van der Waals surface area contributed by atoms with Crippen LogP contribution in [0.1, 0.15) is 59.8 Å². The van der Waals surface area contributed by atoms with E-state index in [2.05, 4.69) is 10.3 Å². The number of hydrogen-bond acceptors (Lipinski definition) is 5. The zero-order valence-corrected chi connectivity index (χ0v) is 16.3. The number of nitrogens with zero attached hydrogens (tertiary/aromatic N) is 3. The molecular formula is C23H25N3O3. The topological polar surface area (TPSA) is 77.2 Å². The van der Waals surface area contributed by atoms with Crippen molar-refractivity contribution in [1.29, 1.82) is 0 Å². The van der Waals surface area contributed by atoms with Crippen LogP contribution in [0.2, 0.25) is 0 Å². The number of Topliss-reactive ketones (excluding diaryl/α,β-unsaturated/α-hetero) is 1. The first-order valence-electron chi connectivity index (χ1n) is 10.1. The van der Waals surface area contributed by atoms with E-state index in [1.807, 2.05) is 41.2 Å². The molecule has 1 N–H and O–H groups in total. The molecule has 1 fully saturated rings. The van der Waals surface area contributed by atoms with E-state index in [1.54, 1.807) is 12.1 Å². The molecular weight excluding hydrogens is 366 g/mol. The lowest BCUT2D eigenvalue weighted by Gasteiger charge is -2.20. The Morgan fingerprint density at radius 1 is 1.10 bits per heavy atom. The second kappa shape index (κ2) is 8.90. The summed E-state index contributed by atoms with van der Waals surface area (Å²) in [5, 5.41) is 18.7. The highest BCUT2D eigenvalue weighted by atomic mass is 16.5. The zero-order chi connectivity index (χ0) is 20.1. The van der Waals surface area contributed by atoms with Crippen molar-refractivity contribution in [2.24, 2.45) is 0 Å². The highest BCUT2D eigenvalue weighted by Gasteiger charge is 2.17. The van der Waals surface area contributed by atoms with Gasteiger partial charge in [0.15, 0.2) is 5.78 Å². The lowest BCUT2D eigenvalue weighted by molar-refractivity contribution is 0.0990. The average molecular weight is 391 g/mol. The van der Waals surface area contributed by atoms with Crippen LogP contribution in [0.15, 0.2) is 54.7 Å². The maximum absolute atomic E-state index is 12.5. The summed E-state index contributed by atoms with van der Waals surface area (Å²) in [4.78, 5) is 12.5. The van der Waals surface area contributed by atoms with Gasteiger partial charge in [-0.2, -0.15) is 0 Å². The molecule has 6 nitrogen and oxygen atoms in total. The van der Waals surface area contributed by atoms with Gasteiger partial charge < -0.3 is 9.84 Å². The second-order valence-corrected chi connectivity index (χ2v) is 7.53. The number of carbonyl (C=O) groups excluding carboxylic acids is 1. The predicted octanol–water partition coefficient (Wildman–Crippen LogP) is 4.49. The van der Waals surface area contributed by atoms with Crippen molar-refractivity contribution >= 4 is 5.78 Å². The van der Waals surface area contributed by atoms with Gasteiger partial charge >= 0.3 is 0 Å². The summed E-state index contributed by atoms with van der Waals surface area (Å²) in [5.74, 6) is 0.288. The molecule has 0 atom stereocenters. The molecule has 29 heavy (non-hydrogen) atoms. The first kappa shape index (κ1) is 19.2. The summed E-state index contributed by atoms with van der Waals surface area (Å²) in [5.41, 5.74) is 1.96. The van der Waals surface area contributed by atoms with Crippen LogP contribution in [-0.4, -0.2) is 25.9 Å². The molecule has 1 aliphatic rings. The van der Waals surface area contributed by atoms with Crippen molar-refractivity contribution < 1.29 is 14.6 Å². The normalized spacial score (nSPS) is 14.6. The van der Waals surface area contributed by atoms with E-state index >= 15 is 0 Å². The van der Waals surface area contributed by atoms with E-state index in [1.165, 1.54) is 25.3 Å². The van der Waals surface area contributed by atoms with Gasteiger partial charge in [0.25, 0.3) is 0 Å². The Balaban J connectivity index is 1.36. The van der Waals surface area contributed by atoms with Crippen molar-refractivity contribution in [2.45, 2.75) is 51.2 Å². The standard InChI is InChI=1S/C23H25N3O3/c27-22(13-17-7-3-1-4-8-17)21-12-11-20(14-23(21)28)29-16-18-15-26(25-24-18)19-9-5-2-6-10-19/h1,3-4,7-8,11-12,14-15,19,28H,2,5-6,9-10,13,16H2. The molecule has 1 aliphatic carbocycles. The van der Waals surface area contributed by atoms with Gasteiger partial charge in [0.1, 0.15) is 23.8 Å². The molecule has 2 aromatic carbocycles. The van der Waals surface area contributed by atoms with Gasteiger partial charge in [0, 0.05) is 12.5 Å². The summed E-state index contributed by atoms with van der Waals surface area (Å²) in [6.45, 7) is 0.267. The first-order chi connectivity index (χ1) is 14.2. The van der Waals surface area contributed by atoms with Gasteiger partial charge in [-0.1, -0.05) is 54.8 Å². The van der Waals surface area contributed by atoms with Crippen molar-refractivity contribution in [3.8, 4) is 11.5 Å². The molecule has 0 unspecified atom stereocenters. The highest BCUT2D eigenvalue weighted by Crippen LogP contribution is 2.28. The summed E-state index contributed by atoms with van der Waals surface area (Å²) in [6, 6.07) is 14.7. The molecule has 1 aromatic heterocycles. The number of benzene rings is 2.